The fraction of sp³-hybridized carbons (Fsp3) is 0.346. The molecule has 1 amide bonds. The van der Waals surface area contributed by atoms with Crippen LogP contribution < -0.4 is 10.2 Å². The Morgan fingerprint density at radius 3 is 2.69 bits per heavy atom. The largest absolute Gasteiger partial charge is 0.351 e. The number of hydrogen-bond acceptors (Lipinski definition) is 5. The second-order valence-corrected chi connectivity index (χ2v) is 10.7. The van der Waals surface area contributed by atoms with Crippen molar-refractivity contribution in [1.29, 1.82) is 0 Å². The number of fused-ring (bicyclic) bond motifs is 1. The number of carbonyl (C=O) groups is 1. The molecule has 1 aliphatic rings. The van der Waals surface area contributed by atoms with E-state index in [9.17, 15) is 4.79 Å². The molecule has 3 aromatic rings. The van der Waals surface area contributed by atoms with E-state index in [2.05, 4.69) is 89.6 Å². The molecule has 0 fully saturated rings. The summed E-state index contributed by atoms with van der Waals surface area (Å²) in [6, 6.07) is 23.1. The van der Waals surface area contributed by atoms with Crippen LogP contribution in [0.3, 0.4) is 0 Å². The van der Waals surface area contributed by atoms with E-state index in [0.717, 1.165) is 42.5 Å². The molecule has 2 heterocycles. The molecule has 1 aromatic heterocycles. The summed E-state index contributed by atoms with van der Waals surface area (Å²) in [5.41, 5.74) is 2.57. The van der Waals surface area contributed by atoms with Gasteiger partial charge < -0.3 is 10.2 Å². The van der Waals surface area contributed by atoms with Gasteiger partial charge in [-0.3, -0.25) is 9.69 Å². The molecule has 0 bridgehead atoms. The highest BCUT2D eigenvalue weighted by Crippen LogP contribution is 2.43. The second kappa shape index (κ2) is 11.0. The maximum atomic E-state index is 12.7. The number of amides is 1. The fourth-order valence-electron chi connectivity index (χ4n) is 3.98. The molecule has 0 radical (unpaired) electrons. The third kappa shape index (κ3) is 5.74. The second-order valence-electron chi connectivity index (χ2n) is 8.11. The predicted octanol–water partition coefficient (Wildman–Crippen LogP) is 6.02. The Balaban J connectivity index is 1.29. The van der Waals surface area contributed by atoms with Crippen LogP contribution in [0.5, 0.6) is 0 Å². The topological polar surface area (TPSA) is 35.6 Å². The zero-order valence-electron chi connectivity index (χ0n) is 18.8. The first-order chi connectivity index (χ1) is 15.6. The lowest BCUT2D eigenvalue weighted by Gasteiger charge is -2.33. The number of rotatable bonds is 9. The Hall–Kier alpha value is -2.28. The Morgan fingerprint density at radius 1 is 1.09 bits per heavy atom. The molecular formula is C26H31N3OS2. The smallest absolute Gasteiger partial charge is 0.261 e. The summed E-state index contributed by atoms with van der Waals surface area (Å²) in [6.07, 6.45) is 0.943. The number of anilines is 2. The van der Waals surface area contributed by atoms with E-state index >= 15 is 0 Å². The quantitative estimate of drug-likeness (QED) is 0.392. The summed E-state index contributed by atoms with van der Waals surface area (Å²) in [5.74, 6) is 0.0278. The van der Waals surface area contributed by atoms with Crippen LogP contribution in [0.2, 0.25) is 0 Å². The van der Waals surface area contributed by atoms with Gasteiger partial charge in [-0.05, 0) is 42.8 Å². The van der Waals surface area contributed by atoms with Crippen molar-refractivity contribution in [3.63, 3.8) is 0 Å². The number of hydrogen-bond donors (Lipinski definition) is 1. The van der Waals surface area contributed by atoms with Crippen molar-refractivity contribution in [2.45, 2.75) is 37.0 Å². The Bertz CT molecular complexity index is 1020. The summed E-state index contributed by atoms with van der Waals surface area (Å²) in [4.78, 5) is 19.6. The lowest BCUT2D eigenvalue weighted by atomic mass is 10.2. The highest BCUT2D eigenvalue weighted by atomic mass is 32.2. The Morgan fingerprint density at radius 2 is 1.88 bits per heavy atom. The zero-order valence-corrected chi connectivity index (χ0v) is 20.4. The summed E-state index contributed by atoms with van der Waals surface area (Å²) in [6.45, 7) is 9.02. The molecule has 32 heavy (non-hydrogen) atoms. The van der Waals surface area contributed by atoms with Crippen LogP contribution in [-0.4, -0.2) is 42.2 Å². The molecule has 1 N–H and O–H groups in total. The van der Waals surface area contributed by atoms with Crippen molar-refractivity contribution in [3.05, 3.63) is 77.2 Å². The van der Waals surface area contributed by atoms with Gasteiger partial charge in [0, 0.05) is 36.3 Å². The van der Waals surface area contributed by atoms with Crippen LogP contribution in [-0.2, 0) is 6.54 Å². The predicted molar refractivity (Wildman–Crippen MR) is 137 cm³/mol. The number of para-hydroxylation sites is 1. The van der Waals surface area contributed by atoms with E-state index in [1.54, 1.807) is 11.3 Å². The van der Waals surface area contributed by atoms with Crippen LogP contribution >= 0.6 is 23.1 Å². The van der Waals surface area contributed by atoms with E-state index in [1.807, 2.05) is 17.8 Å². The van der Waals surface area contributed by atoms with E-state index in [4.69, 9.17) is 0 Å². The molecule has 4 nitrogen and oxygen atoms in total. The van der Waals surface area contributed by atoms with Gasteiger partial charge in [-0.25, -0.2) is 0 Å². The average Bonchev–Trinajstić information content (AvgIpc) is 3.31. The third-order valence-electron chi connectivity index (χ3n) is 5.64. The number of thioether (sulfide) groups is 1. The van der Waals surface area contributed by atoms with Crippen LogP contribution in [0, 0.1) is 0 Å². The Kier molecular flexibility index (Phi) is 7.90. The molecule has 0 spiro atoms. The maximum Gasteiger partial charge on any atom is 0.261 e. The first-order valence-electron chi connectivity index (χ1n) is 11.3. The van der Waals surface area contributed by atoms with Crippen LogP contribution in [0.1, 0.15) is 35.5 Å². The van der Waals surface area contributed by atoms with Gasteiger partial charge in [-0.2, -0.15) is 0 Å². The maximum absolute atomic E-state index is 12.7. The van der Waals surface area contributed by atoms with Gasteiger partial charge in [0.1, 0.15) is 0 Å². The molecule has 6 heteroatoms. The molecule has 0 saturated heterocycles. The highest BCUT2D eigenvalue weighted by Gasteiger charge is 2.24. The lowest BCUT2D eigenvalue weighted by molar-refractivity contribution is 0.0955. The standard InChI is InChI=1S/C26H31N3OS2/c1-3-28(19-21-10-5-4-6-11-21)17-9-16-27-26(30)24-14-15-25(32-24)29-18-20(2)31-23-13-8-7-12-22(23)29/h4-8,10-15,20H,3,9,16-19H2,1-2H3,(H,27,30). The molecule has 168 valence electrons. The minimum atomic E-state index is 0.0278. The van der Waals surface area contributed by atoms with Crippen molar-refractivity contribution < 1.29 is 4.79 Å². The molecule has 0 saturated carbocycles. The number of nitrogens with one attached hydrogen (secondary N) is 1. The molecule has 1 unspecified atom stereocenters. The van der Waals surface area contributed by atoms with Crippen molar-refractivity contribution in [2.75, 3.05) is 31.1 Å². The van der Waals surface area contributed by atoms with Crippen LogP contribution in [0.15, 0.2) is 71.6 Å². The first kappa shape index (κ1) is 22.9. The number of thiophene rings is 1. The van der Waals surface area contributed by atoms with Gasteiger partial charge in [0.15, 0.2) is 0 Å². The molecular weight excluding hydrogens is 434 g/mol. The van der Waals surface area contributed by atoms with Gasteiger partial charge in [0.05, 0.1) is 15.6 Å². The zero-order chi connectivity index (χ0) is 22.3. The molecule has 1 atom stereocenters. The molecule has 1 aliphatic heterocycles. The third-order valence-corrected chi connectivity index (χ3v) is 7.90. The van der Waals surface area contributed by atoms with E-state index in [0.29, 0.717) is 11.8 Å². The fourth-order valence-corrected chi connectivity index (χ4v) is 6.03. The van der Waals surface area contributed by atoms with E-state index < -0.39 is 0 Å². The minimum Gasteiger partial charge on any atom is -0.351 e. The highest BCUT2D eigenvalue weighted by molar-refractivity contribution is 8.00. The van der Waals surface area contributed by atoms with E-state index in [-0.39, 0.29) is 5.91 Å². The summed E-state index contributed by atoms with van der Waals surface area (Å²) in [7, 11) is 0. The summed E-state index contributed by atoms with van der Waals surface area (Å²) < 4.78 is 0. The van der Waals surface area contributed by atoms with Gasteiger partial charge >= 0.3 is 0 Å². The van der Waals surface area contributed by atoms with Crippen LogP contribution in [0.4, 0.5) is 10.7 Å². The van der Waals surface area contributed by atoms with Gasteiger partial charge in [0.2, 0.25) is 0 Å². The summed E-state index contributed by atoms with van der Waals surface area (Å²) in [5, 5.41) is 4.76. The monoisotopic (exact) mass is 465 g/mol. The SMILES string of the molecule is CCN(CCCNC(=O)c1ccc(N2CC(C)Sc3ccccc32)s1)Cc1ccccc1. The minimum absolute atomic E-state index is 0.0278. The first-order valence-corrected chi connectivity index (χ1v) is 13.0. The Labute approximate surface area is 199 Å². The van der Waals surface area contributed by atoms with Gasteiger partial charge in [0.25, 0.3) is 5.91 Å². The van der Waals surface area contributed by atoms with E-state index in [1.165, 1.54) is 16.1 Å². The van der Waals surface area contributed by atoms with Crippen molar-refractivity contribution in [3.8, 4) is 0 Å². The van der Waals surface area contributed by atoms with Crippen molar-refractivity contribution in [2.24, 2.45) is 0 Å². The van der Waals surface area contributed by atoms with Crippen molar-refractivity contribution in [1.82, 2.24) is 10.2 Å². The molecule has 0 aliphatic carbocycles. The van der Waals surface area contributed by atoms with Crippen molar-refractivity contribution >= 4 is 39.7 Å². The molecule has 2 aromatic carbocycles. The number of carbonyl (C=O) groups excluding carboxylic acids is 1. The average molecular weight is 466 g/mol. The van der Waals surface area contributed by atoms with Gasteiger partial charge in [-0.1, -0.05) is 56.3 Å². The van der Waals surface area contributed by atoms with Gasteiger partial charge in [-0.15, -0.1) is 23.1 Å². The number of nitrogens with zero attached hydrogens (tertiary/aromatic N) is 2. The lowest BCUT2D eigenvalue weighted by Crippen LogP contribution is -2.29. The molecule has 4 rings (SSSR count). The normalized spacial score (nSPS) is 15.6. The van der Waals surface area contributed by atoms with Crippen LogP contribution in [0.25, 0.3) is 0 Å². The summed E-state index contributed by atoms with van der Waals surface area (Å²) >= 11 is 3.50. The number of benzene rings is 2.